The first kappa shape index (κ1) is 16.5. The van der Waals surface area contributed by atoms with E-state index >= 15 is 0 Å². The third kappa shape index (κ3) is 3.39. The zero-order valence-corrected chi connectivity index (χ0v) is 15.6. The summed E-state index contributed by atoms with van der Waals surface area (Å²) in [5.74, 6) is 1.16. The van der Waals surface area contributed by atoms with Crippen LogP contribution in [0.25, 0.3) is 10.9 Å². The minimum Gasteiger partial charge on any atom is -0.364 e. The number of nitrogens with one attached hydrogen (secondary N) is 1. The molecule has 0 radical (unpaired) electrons. The molecule has 1 saturated heterocycles. The van der Waals surface area contributed by atoms with Crippen LogP contribution in [0, 0.1) is 6.92 Å². The fraction of sp³-hybridized carbons (Fsp3) is 0.250. The lowest BCUT2D eigenvalue weighted by atomic mass is 10.1. The summed E-state index contributed by atoms with van der Waals surface area (Å²) in [6, 6.07) is 16.3. The third-order valence-electron chi connectivity index (χ3n) is 4.83. The SMILES string of the molecule is Cc1cc(N2CCN(c3ccc(Cl)cc3)CC2)[nH+]c2cc(Cl)ccc12. The average molecular weight is 373 g/mol. The van der Waals surface area contributed by atoms with Crippen LogP contribution in [0.3, 0.4) is 0 Å². The van der Waals surface area contributed by atoms with Gasteiger partial charge in [0, 0.05) is 33.3 Å². The van der Waals surface area contributed by atoms with Crippen molar-refractivity contribution in [2.45, 2.75) is 6.92 Å². The molecule has 4 rings (SSSR count). The lowest BCUT2D eigenvalue weighted by molar-refractivity contribution is -0.330. The Kier molecular flexibility index (Phi) is 4.45. The number of H-pyrrole nitrogens is 1. The molecule has 1 N–H and O–H groups in total. The predicted molar refractivity (Wildman–Crippen MR) is 106 cm³/mol. The summed E-state index contributed by atoms with van der Waals surface area (Å²) in [6.07, 6.45) is 0. The van der Waals surface area contributed by atoms with Gasteiger partial charge >= 0.3 is 0 Å². The number of pyridine rings is 1. The van der Waals surface area contributed by atoms with Crippen LogP contribution in [-0.4, -0.2) is 26.2 Å². The van der Waals surface area contributed by atoms with Gasteiger partial charge in [-0.25, -0.2) is 4.98 Å². The highest BCUT2D eigenvalue weighted by Gasteiger charge is 2.24. The quantitative estimate of drug-likeness (QED) is 0.655. The Morgan fingerprint density at radius 1 is 0.800 bits per heavy atom. The van der Waals surface area contributed by atoms with E-state index in [9.17, 15) is 0 Å². The van der Waals surface area contributed by atoms with E-state index in [0.717, 1.165) is 47.6 Å². The molecule has 1 aliphatic rings. The highest BCUT2D eigenvalue weighted by molar-refractivity contribution is 6.31. The minimum atomic E-state index is 0.757. The zero-order valence-electron chi connectivity index (χ0n) is 14.1. The van der Waals surface area contributed by atoms with Crippen molar-refractivity contribution in [3.8, 4) is 0 Å². The van der Waals surface area contributed by atoms with Crippen LogP contribution in [0.1, 0.15) is 5.56 Å². The monoisotopic (exact) mass is 372 g/mol. The summed E-state index contributed by atoms with van der Waals surface area (Å²) < 4.78 is 0. The fourth-order valence-electron chi connectivity index (χ4n) is 3.45. The van der Waals surface area contributed by atoms with E-state index in [2.05, 4.69) is 46.0 Å². The Bertz CT molecular complexity index is 901. The van der Waals surface area contributed by atoms with E-state index in [1.165, 1.54) is 16.6 Å². The lowest BCUT2D eigenvalue weighted by Crippen LogP contribution is -2.48. The number of halogens is 2. The van der Waals surface area contributed by atoms with Crippen molar-refractivity contribution < 1.29 is 4.98 Å². The van der Waals surface area contributed by atoms with Crippen molar-refractivity contribution in [3.63, 3.8) is 0 Å². The summed E-state index contributed by atoms with van der Waals surface area (Å²) >= 11 is 12.1. The van der Waals surface area contributed by atoms with E-state index in [-0.39, 0.29) is 0 Å². The van der Waals surface area contributed by atoms with Crippen LogP contribution in [0.5, 0.6) is 0 Å². The molecule has 3 aromatic rings. The summed E-state index contributed by atoms with van der Waals surface area (Å²) in [7, 11) is 0. The maximum atomic E-state index is 6.16. The molecule has 1 aliphatic heterocycles. The molecular formula is C20H20Cl2N3+. The standard InChI is InChI=1S/C20H19Cl2N3/c1-14-12-20(23-19-13-16(22)4-7-18(14)19)25-10-8-24(9-11-25)17-5-2-15(21)3-6-17/h2-7,12-13H,8-11H2,1H3/p+1. The number of aromatic amines is 1. The van der Waals surface area contributed by atoms with Crippen LogP contribution < -0.4 is 14.8 Å². The molecule has 1 fully saturated rings. The Morgan fingerprint density at radius 2 is 1.44 bits per heavy atom. The molecular weight excluding hydrogens is 353 g/mol. The second-order valence-electron chi connectivity index (χ2n) is 6.48. The van der Waals surface area contributed by atoms with Gasteiger partial charge in [-0.05, 0) is 48.9 Å². The first-order chi connectivity index (χ1) is 12.1. The zero-order chi connectivity index (χ0) is 17.4. The largest absolute Gasteiger partial charge is 0.364 e. The maximum Gasteiger partial charge on any atom is 0.275 e. The summed E-state index contributed by atoms with van der Waals surface area (Å²) in [5, 5.41) is 2.75. The van der Waals surface area contributed by atoms with E-state index < -0.39 is 0 Å². The molecule has 0 spiro atoms. The number of aryl methyl sites for hydroxylation is 1. The number of hydrogen-bond acceptors (Lipinski definition) is 2. The van der Waals surface area contributed by atoms with Crippen molar-refractivity contribution in [2.75, 3.05) is 36.0 Å². The molecule has 0 saturated carbocycles. The summed E-state index contributed by atoms with van der Waals surface area (Å²) in [5.41, 5.74) is 3.58. The van der Waals surface area contributed by atoms with E-state index in [1.807, 2.05) is 24.3 Å². The number of benzene rings is 2. The van der Waals surface area contributed by atoms with Crippen LogP contribution >= 0.6 is 23.2 Å². The maximum absolute atomic E-state index is 6.16. The van der Waals surface area contributed by atoms with Gasteiger partial charge in [0.2, 0.25) is 0 Å². The molecule has 0 bridgehead atoms. The molecule has 0 unspecified atom stereocenters. The van der Waals surface area contributed by atoms with Gasteiger partial charge in [0.25, 0.3) is 5.82 Å². The molecule has 0 aliphatic carbocycles. The molecule has 0 amide bonds. The van der Waals surface area contributed by atoms with E-state index in [4.69, 9.17) is 23.2 Å². The van der Waals surface area contributed by atoms with Crippen molar-refractivity contribution in [1.82, 2.24) is 0 Å². The van der Waals surface area contributed by atoms with Crippen LogP contribution in [0.4, 0.5) is 11.5 Å². The molecule has 1 aromatic heterocycles. The number of aromatic nitrogens is 1. The van der Waals surface area contributed by atoms with Crippen LogP contribution in [-0.2, 0) is 0 Å². The molecule has 3 nitrogen and oxygen atoms in total. The summed E-state index contributed by atoms with van der Waals surface area (Å²) in [4.78, 5) is 8.35. The van der Waals surface area contributed by atoms with Crippen LogP contribution in [0.15, 0.2) is 48.5 Å². The fourth-order valence-corrected chi connectivity index (χ4v) is 3.75. The highest BCUT2D eigenvalue weighted by Crippen LogP contribution is 2.24. The van der Waals surface area contributed by atoms with Crippen molar-refractivity contribution in [3.05, 3.63) is 64.1 Å². The van der Waals surface area contributed by atoms with Crippen LogP contribution in [0.2, 0.25) is 10.0 Å². The predicted octanol–water partition coefficient (Wildman–Crippen LogP) is 4.60. The van der Waals surface area contributed by atoms with Crippen molar-refractivity contribution >= 4 is 45.6 Å². The number of nitrogens with zero attached hydrogens (tertiary/aromatic N) is 2. The van der Waals surface area contributed by atoms with Gasteiger partial charge in [0.15, 0.2) is 0 Å². The Hall–Kier alpha value is -1.97. The number of hydrogen-bond donors (Lipinski definition) is 0. The number of anilines is 2. The second-order valence-corrected chi connectivity index (χ2v) is 7.35. The first-order valence-corrected chi connectivity index (χ1v) is 9.23. The molecule has 2 heterocycles. The summed E-state index contributed by atoms with van der Waals surface area (Å²) in [6.45, 7) is 6.08. The molecule has 0 atom stereocenters. The normalized spacial score (nSPS) is 15.0. The van der Waals surface area contributed by atoms with E-state index in [1.54, 1.807) is 0 Å². The topological polar surface area (TPSA) is 20.6 Å². The minimum absolute atomic E-state index is 0.757. The molecule has 25 heavy (non-hydrogen) atoms. The van der Waals surface area contributed by atoms with Gasteiger partial charge in [-0.3, -0.25) is 4.90 Å². The smallest absolute Gasteiger partial charge is 0.275 e. The van der Waals surface area contributed by atoms with Gasteiger partial charge in [-0.2, -0.15) is 0 Å². The van der Waals surface area contributed by atoms with Gasteiger partial charge in [-0.1, -0.05) is 23.2 Å². The van der Waals surface area contributed by atoms with Gasteiger partial charge in [-0.15, -0.1) is 0 Å². The lowest BCUT2D eigenvalue weighted by Gasteiger charge is -2.32. The Morgan fingerprint density at radius 3 is 2.16 bits per heavy atom. The number of piperazine rings is 1. The molecule has 5 heteroatoms. The van der Waals surface area contributed by atoms with E-state index in [0.29, 0.717) is 0 Å². The average Bonchev–Trinajstić information content (AvgIpc) is 2.62. The van der Waals surface area contributed by atoms with Gasteiger partial charge < -0.3 is 4.90 Å². The first-order valence-electron chi connectivity index (χ1n) is 8.48. The second kappa shape index (κ2) is 6.74. The Balaban J connectivity index is 1.54. The highest BCUT2D eigenvalue weighted by atomic mass is 35.5. The van der Waals surface area contributed by atoms with Gasteiger partial charge in [0.05, 0.1) is 13.1 Å². The van der Waals surface area contributed by atoms with Gasteiger partial charge in [0.1, 0.15) is 18.6 Å². The van der Waals surface area contributed by atoms with Crippen molar-refractivity contribution in [1.29, 1.82) is 0 Å². The molecule has 2 aromatic carbocycles. The number of rotatable bonds is 2. The Labute approximate surface area is 157 Å². The van der Waals surface area contributed by atoms with Crippen molar-refractivity contribution in [2.24, 2.45) is 0 Å². The number of fused-ring (bicyclic) bond motifs is 1. The molecule has 128 valence electrons. The third-order valence-corrected chi connectivity index (χ3v) is 5.32.